The van der Waals surface area contributed by atoms with E-state index in [-0.39, 0.29) is 0 Å². The van der Waals surface area contributed by atoms with E-state index in [4.69, 9.17) is 4.42 Å². The van der Waals surface area contributed by atoms with Crippen molar-refractivity contribution in [2.45, 2.75) is 0 Å². The number of allylic oxidation sites excluding steroid dienone is 2. The molecule has 0 atom stereocenters. The van der Waals surface area contributed by atoms with Crippen LogP contribution < -0.4 is 4.57 Å². The van der Waals surface area contributed by atoms with E-state index in [1.54, 1.807) is 0 Å². The maximum atomic E-state index is 5.79. The second kappa shape index (κ2) is 5.57. The number of nitrogens with zero attached hydrogens (tertiary/aromatic N) is 1. The molecule has 0 radical (unpaired) electrons. The molecule has 0 aliphatic heterocycles. The zero-order valence-corrected chi connectivity index (χ0v) is 11.4. The minimum absolute atomic E-state index is 0.837. The number of para-hydroxylation sites is 2. The molecule has 0 fully saturated rings. The third-order valence-electron chi connectivity index (χ3n) is 3.21. The van der Waals surface area contributed by atoms with E-state index in [2.05, 4.69) is 24.3 Å². The van der Waals surface area contributed by atoms with Crippen molar-refractivity contribution in [3.8, 4) is 0 Å². The number of hydrogen-bond donors (Lipinski definition) is 0. The van der Waals surface area contributed by atoms with Gasteiger partial charge >= 0.3 is 5.89 Å². The number of rotatable bonds is 3. The van der Waals surface area contributed by atoms with E-state index in [1.165, 1.54) is 5.56 Å². The first-order valence-electron chi connectivity index (χ1n) is 6.62. The van der Waals surface area contributed by atoms with Crippen LogP contribution in [0.15, 0.2) is 71.2 Å². The van der Waals surface area contributed by atoms with Gasteiger partial charge in [0.15, 0.2) is 0 Å². The quantitative estimate of drug-likeness (QED) is 0.515. The van der Waals surface area contributed by atoms with Crippen molar-refractivity contribution in [1.82, 2.24) is 0 Å². The summed E-state index contributed by atoms with van der Waals surface area (Å²) in [5, 5.41) is 0. The van der Waals surface area contributed by atoms with E-state index in [0.717, 1.165) is 17.0 Å². The molecular formula is C18H16NO+. The molecule has 3 aromatic rings. The summed E-state index contributed by atoms with van der Waals surface area (Å²) >= 11 is 0. The summed E-state index contributed by atoms with van der Waals surface area (Å²) in [6.07, 6.45) is 8.05. The summed E-state index contributed by atoms with van der Waals surface area (Å²) in [6, 6.07) is 18.3. The van der Waals surface area contributed by atoms with Crippen molar-refractivity contribution in [1.29, 1.82) is 0 Å². The number of benzene rings is 2. The Labute approximate surface area is 118 Å². The van der Waals surface area contributed by atoms with Gasteiger partial charge in [0.1, 0.15) is 7.05 Å². The lowest BCUT2D eigenvalue weighted by Gasteiger charge is -1.88. The van der Waals surface area contributed by atoms with Crippen LogP contribution >= 0.6 is 0 Å². The zero-order valence-electron chi connectivity index (χ0n) is 11.4. The predicted molar refractivity (Wildman–Crippen MR) is 81.9 cm³/mol. The molecule has 0 N–H and O–H groups in total. The Bertz CT molecular complexity index is 766. The minimum Gasteiger partial charge on any atom is -0.398 e. The lowest BCUT2D eigenvalue weighted by Crippen LogP contribution is -2.29. The second-order valence-electron chi connectivity index (χ2n) is 4.60. The van der Waals surface area contributed by atoms with Gasteiger partial charge in [-0.1, -0.05) is 60.7 Å². The summed E-state index contributed by atoms with van der Waals surface area (Å²) < 4.78 is 7.84. The predicted octanol–water partition coefficient (Wildman–Crippen LogP) is 3.98. The largest absolute Gasteiger partial charge is 0.398 e. The van der Waals surface area contributed by atoms with E-state index >= 15 is 0 Å². The Morgan fingerprint density at radius 2 is 1.55 bits per heavy atom. The van der Waals surface area contributed by atoms with E-state index in [9.17, 15) is 0 Å². The van der Waals surface area contributed by atoms with Gasteiger partial charge in [-0.3, -0.25) is 0 Å². The number of oxazole rings is 1. The molecule has 0 unspecified atom stereocenters. The van der Waals surface area contributed by atoms with Crippen LogP contribution in [0.1, 0.15) is 11.5 Å². The van der Waals surface area contributed by atoms with E-state index in [0.29, 0.717) is 0 Å². The zero-order chi connectivity index (χ0) is 13.8. The van der Waals surface area contributed by atoms with Gasteiger partial charge in [-0.2, -0.15) is 4.57 Å². The average Bonchev–Trinajstić information content (AvgIpc) is 2.82. The van der Waals surface area contributed by atoms with Gasteiger partial charge in [-0.25, -0.2) is 0 Å². The van der Waals surface area contributed by atoms with Gasteiger partial charge < -0.3 is 4.42 Å². The highest BCUT2D eigenvalue weighted by Crippen LogP contribution is 2.13. The van der Waals surface area contributed by atoms with Gasteiger partial charge in [0.25, 0.3) is 5.52 Å². The molecule has 2 nitrogen and oxygen atoms in total. The van der Waals surface area contributed by atoms with Crippen molar-refractivity contribution >= 4 is 23.3 Å². The highest BCUT2D eigenvalue weighted by molar-refractivity contribution is 5.69. The molecule has 2 aromatic carbocycles. The normalized spacial score (nSPS) is 11.8. The maximum absolute atomic E-state index is 5.79. The molecule has 0 amide bonds. The first-order valence-corrected chi connectivity index (χ1v) is 6.62. The van der Waals surface area contributed by atoms with Gasteiger partial charge in [0.2, 0.25) is 5.58 Å². The monoisotopic (exact) mass is 262 g/mol. The highest BCUT2D eigenvalue weighted by Gasteiger charge is 2.14. The van der Waals surface area contributed by atoms with Crippen LogP contribution in [-0.4, -0.2) is 0 Å². The topological polar surface area (TPSA) is 17.0 Å². The summed E-state index contributed by atoms with van der Waals surface area (Å²) in [5.74, 6) is 0.837. The lowest BCUT2D eigenvalue weighted by atomic mass is 10.2. The third kappa shape index (κ3) is 2.54. The highest BCUT2D eigenvalue weighted by atomic mass is 16.3. The van der Waals surface area contributed by atoms with Crippen LogP contribution in [-0.2, 0) is 7.05 Å². The fraction of sp³-hybridized carbons (Fsp3) is 0.0556. The summed E-state index contributed by atoms with van der Waals surface area (Å²) in [5.41, 5.74) is 3.19. The molecule has 0 aliphatic rings. The van der Waals surface area contributed by atoms with Crippen LogP contribution in [0.25, 0.3) is 23.3 Å². The third-order valence-corrected chi connectivity index (χ3v) is 3.21. The standard InChI is InChI=1S/C18H16NO/c1-19-16-12-6-7-13-17(16)20-18(19)14-8-5-11-15-9-3-2-4-10-15/h2-14H,1H3/q+1. The Morgan fingerprint density at radius 1 is 0.850 bits per heavy atom. The van der Waals surface area contributed by atoms with Crippen molar-refractivity contribution in [3.05, 3.63) is 78.2 Å². The Morgan fingerprint density at radius 3 is 2.35 bits per heavy atom. The molecule has 0 saturated heterocycles. The molecule has 1 aromatic heterocycles. The van der Waals surface area contributed by atoms with E-state index < -0.39 is 0 Å². The molecule has 98 valence electrons. The van der Waals surface area contributed by atoms with Gasteiger partial charge in [-0.05, 0) is 11.6 Å². The molecule has 0 spiro atoms. The number of hydrogen-bond acceptors (Lipinski definition) is 1. The molecule has 1 heterocycles. The first-order chi connectivity index (χ1) is 9.84. The number of aryl methyl sites for hydroxylation is 1. The molecule has 3 rings (SSSR count). The van der Waals surface area contributed by atoms with Crippen molar-refractivity contribution in [3.63, 3.8) is 0 Å². The molecule has 0 saturated carbocycles. The fourth-order valence-corrected chi connectivity index (χ4v) is 2.13. The lowest BCUT2D eigenvalue weighted by molar-refractivity contribution is -0.652. The molecular weight excluding hydrogens is 246 g/mol. The summed E-state index contributed by atoms with van der Waals surface area (Å²) in [6.45, 7) is 0. The Hall–Kier alpha value is -2.61. The van der Waals surface area contributed by atoms with E-state index in [1.807, 2.05) is 66.2 Å². The summed E-state index contributed by atoms with van der Waals surface area (Å²) in [7, 11) is 2.01. The first kappa shape index (κ1) is 12.4. The second-order valence-corrected chi connectivity index (χ2v) is 4.60. The maximum Gasteiger partial charge on any atom is 0.373 e. The smallest absolute Gasteiger partial charge is 0.373 e. The fourth-order valence-electron chi connectivity index (χ4n) is 2.13. The summed E-state index contributed by atoms with van der Waals surface area (Å²) in [4.78, 5) is 0. The van der Waals surface area contributed by atoms with Crippen molar-refractivity contribution in [2.24, 2.45) is 7.05 Å². The van der Waals surface area contributed by atoms with Crippen LogP contribution in [0.4, 0.5) is 0 Å². The molecule has 0 bridgehead atoms. The molecule has 20 heavy (non-hydrogen) atoms. The number of aromatic nitrogens is 1. The Kier molecular flexibility index (Phi) is 3.46. The number of fused-ring (bicyclic) bond motifs is 1. The van der Waals surface area contributed by atoms with Gasteiger partial charge in [-0.15, -0.1) is 0 Å². The molecule has 0 aliphatic carbocycles. The molecule has 2 heteroatoms. The van der Waals surface area contributed by atoms with Crippen LogP contribution in [0, 0.1) is 0 Å². The van der Waals surface area contributed by atoms with Gasteiger partial charge in [0.05, 0.1) is 6.08 Å². The average molecular weight is 262 g/mol. The van der Waals surface area contributed by atoms with Crippen LogP contribution in [0.3, 0.4) is 0 Å². The van der Waals surface area contributed by atoms with Crippen LogP contribution in [0.5, 0.6) is 0 Å². The van der Waals surface area contributed by atoms with Crippen molar-refractivity contribution in [2.75, 3.05) is 0 Å². The van der Waals surface area contributed by atoms with Gasteiger partial charge in [0, 0.05) is 6.07 Å². The Balaban J connectivity index is 1.81. The van der Waals surface area contributed by atoms with Crippen molar-refractivity contribution < 1.29 is 8.98 Å². The SMILES string of the molecule is C[n+]1c(C=CC=Cc2ccccc2)oc2ccccc21. The van der Waals surface area contributed by atoms with Crippen LogP contribution in [0.2, 0.25) is 0 Å². The minimum atomic E-state index is 0.837.